The predicted octanol–water partition coefficient (Wildman–Crippen LogP) is 1.98. The van der Waals surface area contributed by atoms with E-state index in [2.05, 4.69) is 46.2 Å². The fourth-order valence-electron chi connectivity index (χ4n) is 2.49. The number of methoxy groups -OCH3 is 1. The standard InChI is InChI=1S/C15H25N5O/c1-6-14-13(8-19(4)18-14)9-20-7-11(2)16-15(20)17-12(3)10-21-5/h7-8,12H,6,9-10H2,1-5H3,(H,16,17). The van der Waals surface area contributed by atoms with Gasteiger partial charge >= 0.3 is 0 Å². The first-order valence-electron chi connectivity index (χ1n) is 7.34. The number of nitrogens with one attached hydrogen (secondary N) is 1. The van der Waals surface area contributed by atoms with Gasteiger partial charge in [-0.15, -0.1) is 0 Å². The van der Waals surface area contributed by atoms with Crippen LogP contribution in [0.4, 0.5) is 5.95 Å². The number of nitrogens with zero attached hydrogens (tertiary/aromatic N) is 4. The van der Waals surface area contributed by atoms with Gasteiger partial charge in [0.2, 0.25) is 5.95 Å². The fourth-order valence-corrected chi connectivity index (χ4v) is 2.49. The first kappa shape index (κ1) is 15.6. The first-order chi connectivity index (χ1) is 10.0. The number of rotatable bonds is 7. The van der Waals surface area contributed by atoms with Crippen LogP contribution in [0.1, 0.15) is 30.8 Å². The molecule has 21 heavy (non-hydrogen) atoms. The fraction of sp³-hybridized carbons (Fsp3) is 0.600. The number of aryl methyl sites for hydroxylation is 3. The summed E-state index contributed by atoms with van der Waals surface area (Å²) in [7, 11) is 3.67. The Morgan fingerprint density at radius 2 is 2.14 bits per heavy atom. The van der Waals surface area contributed by atoms with E-state index >= 15 is 0 Å². The Hall–Kier alpha value is -1.82. The molecule has 116 valence electrons. The summed E-state index contributed by atoms with van der Waals surface area (Å²) in [5.74, 6) is 0.878. The van der Waals surface area contributed by atoms with Crippen LogP contribution in [0.2, 0.25) is 0 Å². The van der Waals surface area contributed by atoms with Gasteiger partial charge in [0.1, 0.15) is 0 Å². The molecule has 1 unspecified atom stereocenters. The highest BCUT2D eigenvalue weighted by atomic mass is 16.5. The van der Waals surface area contributed by atoms with Gasteiger partial charge in [-0.25, -0.2) is 4.98 Å². The highest BCUT2D eigenvalue weighted by Crippen LogP contribution is 2.15. The van der Waals surface area contributed by atoms with Gasteiger partial charge in [0, 0.05) is 38.2 Å². The van der Waals surface area contributed by atoms with E-state index in [1.165, 1.54) is 5.56 Å². The highest BCUT2D eigenvalue weighted by Gasteiger charge is 2.12. The van der Waals surface area contributed by atoms with Crippen LogP contribution >= 0.6 is 0 Å². The molecule has 1 N–H and O–H groups in total. The molecule has 0 spiro atoms. The number of ether oxygens (including phenoxy) is 1. The Bertz CT molecular complexity index is 587. The van der Waals surface area contributed by atoms with Crippen LogP contribution in [0.3, 0.4) is 0 Å². The van der Waals surface area contributed by atoms with Crippen molar-refractivity contribution in [1.82, 2.24) is 19.3 Å². The van der Waals surface area contributed by atoms with Gasteiger partial charge in [0.05, 0.1) is 24.5 Å². The molecule has 0 saturated carbocycles. The van der Waals surface area contributed by atoms with Crippen molar-refractivity contribution in [1.29, 1.82) is 0 Å². The Kier molecular flexibility index (Phi) is 5.01. The first-order valence-corrected chi connectivity index (χ1v) is 7.34. The molecule has 2 rings (SSSR count). The van der Waals surface area contributed by atoms with E-state index in [-0.39, 0.29) is 6.04 Å². The average molecular weight is 291 g/mol. The Morgan fingerprint density at radius 1 is 1.38 bits per heavy atom. The summed E-state index contributed by atoms with van der Waals surface area (Å²) in [6.45, 7) is 7.65. The second kappa shape index (κ2) is 6.76. The summed E-state index contributed by atoms with van der Waals surface area (Å²) in [5, 5.41) is 7.89. The third-order valence-corrected chi connectivity index (χ3v) is 3.36. The van der Waals surface area contributed by atoms with Crippen molar-refractivity contribution in [3.8, 4) is 0 Å². The van der Waals surface area contributed by atoms with E-state index in [4.69, 9.17) is 4.74 Å². The maximum atomic E-state index is 5.17. The number of hydrogen-bond donors (Lipinski definition) is 1. The normalized spacial score (nSPS) is 12.6. The molecule has 0 aliphatic carbocycles. The number of hydrogen-bond acceptors (Lipinski definition) is 4. The van der Waals surface area contributed by atoms with Crippen molar-refractivity contribution >= 4 is 5.95 Å². The van der Waals surface area contributed by atoms with Crippen LogP contribution in [-0.4, -0.2) is 39.1 Å². The van der Waals surface area contributed by atoms with Gasteiger partial charge in [-0.1, -0.05) is 6.92 Å². The molecule has 1 atom stereocenters. The molecule has 0 aliphatic heterocycles. The maximum Gasteiger partial charge on any atom is 0.203 e. The molecule has 0 aromatic carbocycles. The lowest BCUT2D eigenvalue weighted by Gasteiger charge is -2.15. The summed E-state index contributed by atoms with van der Waals surface area (Å²) in [6.07, 6.45) is 5.08. The number of aromatic nitrogens is 4. The molecule has 6 heteroatoms. The SMILES string of the molecule is CCc1nn(C)cc1Cn1cc(C)nc1NC(C)COC. The number of imidazole rings is 1. The van der Waals surface area contributed by atoms with E-state index in [1.807, 2.05) is 18.7 Å². The maximum absolute atomic E-state index is 5.17. The second-order valence-electron chi connectivity index (χ2n) is 5.46. The molecule has 2 heterocycles. The van der Waals surface area contributed by atoms with E-state index in [1.54, 1.807) is 7.11 Å². The largest absolute Gasteiger partial charge is 0.383 e. The molecule has 0 bridgehead atoms. The van der Waals surface area contributed by atoms with Gasteiger partial charge in [0.25, 0.3) is 0 Å². The average Bonchev–Trinajstić information content (AvgIpc) is 2.93. The van der Waals surface area contributed by atoms with Crippen LogP contribution in [0.25, 0.3) is 0 Å². The van der Waals surface area contributed by atoms with Crippen LogP contribution < -0.4 is 5.32 Å². The summed E-state index contributed by atoms with van der Waals surface area (Å²) in [6, 6.07) is 0.218. The quantitative estimate of drug-likeness (QED) is 0.847. The van der Waals surface area contributed by atoms with Crippen molar-refractivity contribution in [2.24, 2.45) is 7.05 Å². The Balaban J connectivity index is 2.19. The zero-order valence-corrected chi connectivity index (χ0v) is 13.6. The molecular weight excluding hydrogens is 266 g/mol. The van der Waals surface area contributed by atoms with Gasteiger partial charge in [-0.05, 0) is 20.3 Å². The van der Waals surface area contributed by atoms with Gasteiger partial charge in [-0.3, -0.25) is 4.68 Å². The van der Waals surface area contributed by atoms with Crippen LogP contribution in [-0.2, 0) is 24.8 Å². The van der Waals surface area contributed by atoms with E-state index in [9.17, 15) is 0 Å². The van der Waals surface area contributed by atoms with Crippen LogP contribution in [0, 0.1) is 6.92 Å². The summed E-state index contributed by atoms with van der Waals surface area (Å²) < 4.78 is 9.18. The summed E-state index contributed by atoms with van der Waals surface area (Å²) in [4.78, 5) is 4.56. The molecule has 0 fully saturated rings. The van der Waals surface area contributed by atoms with E-state index in [0.29, 0.717) is 6.61 Å². The predicted molar refractivity (Wildman–Crippen MR) is 83.6 cm³/mol. The lowest BCUT2D eigenvalue weighted by atomic mass is 10.2. The molecular formula is C15H25N5O. The van der Waals surface area contributed by atoms with Crippen LogP contribution in [0.5, 0.6) is 0 Å². The smallest absolute Gasteiger partial charge is 0.203 e. The van der Waals surface area contributed by atoms with Crippen molar-refractivity contribution in [3.05, 3.63) is 29.3 Å². The van der Waals surface area contributed by atoms with E-state index < -0.39 is 0 Å². The van der Waals surface area contributed by atoms with Gasteiger partial charge in [0.15, 0.2) is 0 Å². The lowest BCUT2D eigenvalue weighted by molar-refractivity contribution is 0.190. The summed E-state index contributed by atoms with van der Waals surface area (Å²) in [5.41, 5.74) is 3.38. The van der Waals surface area contributed by atoms with Crippen molar-refractivity contribution < 1.29 is 4.74 Å². The van der Waals surface area contributed by atoms with Crippen molar-refractivity contribution in [2.75, 3.05) is 19.0 Å². The number of anilines is 1. The Labute approximate surface area is 126 Å². The molecule has 2 aromatic rings. The van der Waals surface area contributed by atoms with E-state index in [0.717, 1.165) is 30.3 Å². The Morgan fingerprint density at radius 3 is 2.81 bits per heavy atom. The zero-order chi connectivity index (χ0) is 15.4. The van der Waals surface area contributed by atoms with Crippen LogP contribution in [0.15, 0.2) is 12.4 Å². The molecule has 0 saturated heterocycles. The molecule has 0 radical (unpaired) electrons. The monoisotopic (exact) mass is 291 g/mol. The molecule has 0 aliphatic rings. The molecule has 2 aromatic heterocycles. The third kappa shape index (κ3) is 3.85. The third-order valence-electron chi connectivity index (χ3n) is 3.36. The lowest BCUT2D eigenvalue weighted by Crippen LogP contribution is -2.23. The summed E-state index contributed by atoms with van der Waals surface area (Å²) >= 11 is 0. The minimum absolute atomic E-state index is 0.218. The highest BCUT2D eigenvalue weighted by molar-refractivity contribution is 5.32. The minimum Gasteiger partial charge on any atom is -0.383 e. The zero-order valence-electron chi connectivity index (χ0n) is 13.6. The molecule has 0 amide bonds. The second-order valence-corrected chi connectivity index (χ2v) is 5.46. The minimum atomic E-state index is 0.218. The van der Waals surface area contributed by atoms with Gasteiger partial charge < -0.3 is 14.6 Å². The molecule has 6 nitrogen and oxygen atoms in total. The van der Waals surface area contributed by atoms with Crippen molar-refractivity contribution in [2.45, 2.75) is 39.8 Å². The van der Waals surface area contributed by atoms with Gasteiger partial charge in [-0.2, -0.15) is 5.10 Å². The van der Waals surface area contributed by atoms with Crippen molar-refractivity contribution in [3.63, 3.8) is 0 Å². The topological polar surface area (TPSA) is 56.9 Å².